The van der Waals surface area contributed by atoms with Crippen LogP contribution < -0.4 is 11.1 Å². The Hall–Kier alpha value is -1.35. The fourth-order valence-corrected chi connectivity index (χ4v) is 3.74. The van der Waals surface area contributed by atoms with Gasteiger partial charge in [0, 0.05) is 25.7 Å². The summed E-state index contributed by atoms with van der Waals surface area (Å²) in [5, 5.41) is 2.49. The van der Waals surface area contributed by atoms with Gasteiger partial charge in [-0.3, -0.25) is 4.79 Å². The Morgan fingerprint density at radius 1 is 1.27 bits per heavy atom. The smallest absolute Gasteiger partial charge is 0.312 e. The summed E-state index contributed by atoms with van der Waals surface area (Å²) in [5.74, 6) is -0.244. The minimum atomic E-state index is -3.29. The van der Waals surface area contributed by atoms with Crippen LogP contribution in [0.25, 0.3) is 0 Å². The quantitative estimate of drug-likeness (QED) is 0.728. The van der Waals surface area contributed by atoms with Crippen LogP contribution in [0.4, 0.5) is 4.79 Å². The molecule has 1 saturated heterocycles. The summed E-state index contributed by atoms with van der Waals surface area (Å²) in [5.41, 5.74) is 4.66. The highest BCUT2D eigenvalue weighted by atomic mass is 32.2. The predicted octanol–water partition coefficient (Wildman–Crippen LogP) is -0.438. The van der Waals surface area contributed by atoms with E-state index in [9.17, 15) is 18.0 Å². The van der Waals surface area contributed by atoms with Crippen molar-refractivity contribution in [2.45, 2.75) is 39.8 Å². The zero-order chi connectivity index (χ0) is 17.3. The van der Waals surface area contributed by atoms with Crippen LogP contribution >= 0.6 is 0 Å². The summed E-state index contributed by atoms with van der Waals surface area (Å²) in [6.07, 6.45) is 1.16. The molecule has 0 saturated carbocycles. The van der Waals surface area contributed by atoms with Crippen LogP contribution in [0.5, 0.6) is 0 Å². The third-order valence-electron chi connectivity index (χ3n) is 3.70. The summed E-state index contributed by atoms with van der Waals surface area (Å²) in [4.78, 5) is 25.4. The number of nitrogens with two attached hydrogens (primary N) is 1. The monoisotopic (exact) mass is 334 g/mol. The van der Waals surface area contributed by atoms with E-state index in [1.807, 2.05) is 20.8 Å². The summed E-state index contributed by atoms with van der Waals surface area (Å²) in [6.45, 7) is 8.10. The third-order valence-corrected chi connectivity index (χ3v) is 5.10. The topological polar surface area (TPSA) is 113 Å². The van der Waals surface area contributed by atoms with Crippen molar-refractivity contribution in [2.75, 3.05) is 25.9 Å². The molecule has 0 aromatic rings. The van der Waals surface area contributed by atoms with Gasteiger partial charge in [-0.25, -0.2) is 13.2 Å². The first-order valence-electron chi connectivity index (χ1n) is 7.15. The van der Waals surface area contributed by atoms with E-state index in [-0.39, 0.29) is 18.5 Å². The zero-order valence-electron chi connectivity index (χ0n) is 13.8. The van der Waals surface area contributed by atoms with Crippen LogP contribution in [0.2, 0.25) is 0 Å². The summed E-state index contributed by atoms with van der Waals surface area (Å²) < 4.78 is 24.7. The molecule has 1 aliphatic heterocycles. The molecule has 1 aliphatic rings. The van der Waals surface area contributed by atoms with E-state index in [2.05, 4.69) is 5.32 Å². The number of hydrogen-bond acceptors (Lipinski definition) is 4. The van der Waals surface area contributed by atoms with Gasteiger partial charge in [0.1, 0.15) is 6.04 Å². The van der Waals surface area contributed by atoms with Crippen LogP contribution in [-0.4, -0.2) is 67.5 Å². The minimum Gasteiger partial charge on any atom is -0.352 e. The van der Waals surface area contributed by atoms with Crippen LogP contribution in [0.1, 0.15) is 27.7 Å². The highest BCUT2D eigenvalue weighted by Gasteiger charge is 2.39. The first-order valence-corrected chi connectivity index (χ1v) is 9.00. The van der Waals surface area contributed by atoms with Crippen LogP contribution in [-0.2, 0) is 14.8 Å². The molecule has 1 rings (SSSR count). The fourth-order valence-electron chi connectivity index (χ4n) is 2.61. The van der Waals surface area contributed by atoms with Crippen molar-refractivity contribution < 1.29 is 18.0 Å². The van der Waals surface area contributed by atoms with E-state index in [1.54, 1.807) is 11.8 Å². The molecule has 8 nitrogen and oxygen atoms in total. The number of amides is 3. The maximum Gasteiger partial charge on any atom is 0.312 e. The number of carbonyl (C=O) groups is 2. The minimum absolute atomic E-state index is 0.244. The molecule has 0 aliphatic carbocycles. The first-order chi connectivity index (χ1) is 9.84. The van der Waals surface area contributed by atoms with E-state index in [0.717, 1.165) is 6.26 Å². The van der Waals surface area contributed by atoms with Gasteiger partial charge in [-0.2, -0.15) is 4.31 Å². The Morgan fingerprint density at radius 2 is 1.82 bits per heavy atom. The lowest BCUT2D eigenvalue weighted by molar-refractivity contribution is -0.137. The highest BCUT2D eigenvalue weighted by molar-refractivity contribution is 7.88. The number of carbonyl (C=O) groups excluding carboxylic acids is 2. The van der Waals surface area contributed by atoms with Crippen LogP contribution in [0.3, 0.4) is 0 Å². The predicted molar refractivity (Wildman–Crippen MR) is 83.6 cm³/mol. The lowest BCUT2D eigenvalue weighted by Gasteiger charge is -2.41. The molecule has 2 atom stereocenters. The fraction of sp³-hybridized carbons (Fsp3) is 0.846. The molecule has 0 radical (unpaired) electrons. The van der Waals surface area contributed by atoms with Crippen molar-refractivity contribution in [2.24, 2.45) is 11.1 Å². The van der Waals surface area contributed by atoms with Gasteiger partial charge in [-0.1, -0.05) is 20.8 Å². The number of sulfonamides is 1. The zero-order valence-corrected chi connectivity index (χ0v) is 14.6. The van der Waals surface area contributed by atoms with Gasteiger partial charge in [0.15, 0.2) is 0 Å². The average Bonchev–Trinajstić information content (AvgIpc) is 2.31. The molecule has 22 heavy (non-hydrogen) atoms. The second-order valence-electron chi connectivity index (χ2n) is 6.81. The van der Waals surface area contributed by atoms with E-state index < -0.39 is 27.5 Å². The Morgan fingerprint density at radius 3 is 2.18 bits per heavy atom. The van der Waals surface area contributed by atoms with Crippen molar-refractivity contribution >= 4 is 22.0 Å². The van der Waals surface area contributed by atoms with Gasteiger partial charge in [-0.05, 0) is 12.3 Å². The van der Waals surface area contributed by atoms with Gasteiger partial charge in [-0.15, -0.1) is 0 Å². The molecule has 3 amide bonds. The molecule has 1 unspecified atom stereocenters. The van der Waals surface area contributed by atoms with Gasteiger partial charge in [0.05, 0.1) is 6.26 Å². The highest BCUT2D eigenvalue weighted by Crippen LogP contribution is 2.23. The standard InChI is InChI=1S/C13H26N4O4S/c1-9-8-16(6-7-17(9)22(5,20)21)11(18)10(13(2,3)4)15-12(14)19/h9-10H,6-8H2,1-5H3,(H3,14,15,19)/t9-,10?/m0/s1. The van der Waals surface area contributed by atoms with E-state index in [0.29, 0.717) is 13.1 Å². The van der Waals surface area contributed by atoms with E-state index in [1.165, 1.54) is 4.31 Å². The van der Waals surface area contributed by atoms with Gasteiger partial charge in [0.2, 0.25) is 15.9 Å². The number of urea groups is 1. The van der Waals surface area contributed by atoms with Crippen molar-refractivity contribution in [3.05, 3.63) is 0 Å². The molecule has 0 bridgehead atoms. The lowest BCUT2D eigenvalue weighted by Crippen LogP contribution is -2.61. The molecular formula is C13H26N4O4S. The van der Waals surface area contributed by atoms with Crippen molar-refractivity contribution in [3.8, 4) is 0 Å². The molecule has 0 aromatic heterocycles. The average molecular weight is 334 g/mol. The molecule has 1 heterocycles. The van der Waals surface area contributed by atoms with Crippen LogP contribution in [0, 0.1) is 5.41 Å². The number of primary amides is 1. The molecule has 0 aromatic carbocycles. The summed E-state index contributed by atoms with van der Waals surface area (Å²) >= 11 is 0. The SMILES string of the molecule is C[C@H]1CN(C(=O)C(NC(N)=O)C(C)(C)C)CCN1S(C)(=O)=O. The molecule has 9 heteroatoms. The lowest BCUT2D eigenvalue weighted by atomic mass is 9.85. The molecular weight excluding hydrogens is 308 g/mol. The van der Waals surface area contributed by atoms with Crippen molar-refractivity contribution in [1.82, 2.24) is 14.5 Å². The molecule has 1 fully saturated rings. The largest absolute Gasteiger partial charge is 0.352 e. The number of rotatable bonds is 3. The Kier molecular flexibility index (Phi) is 5.45. The molecule has 3 N–H and O–H groups in total. The van der Waals surface area contributed by atoms with Gasteiger partial charge in [0.25, 0.3) is 0 Å². The molecule has 128 valence electrons. The van der Waals surface area contributed by atoms with E-state index in [4.69, 9.17) is 5.73 Å². The second kappa shape index (κ2) is 6.41. The number of hydrogen-bond donors (Lipinski definition) is 2. The molecule has 0 spiro atoms. The Bertz CT molecular complexity index is 541. The maximum atomic E-state index is 12.7. The first kappa shape index (κ1) is 18.7. The van der Waals surface area contributed by atoms with Gasteiger partial charge >= 0.3 is 6.03 Å². The van der Waals surface area contributed by atoms with Gasteiger partial charge < -0.3 is 16.0 Å². The number of nitrogens with zero attached hydrogens (tertiary/aromatic N) is 2. The third kappa shape index (κ3) is 4.57. The number of nitrogens with one attached hydrogen (secondary N) is 1. The van der Waals surface area contributed by atoms with E-state index >= 15 is 0 Å². The Labute approximate surface area is 132 Å². The summed E-state index contributed by atoms with van der Waals surface area (Å²) in [6, 6.07) is -1.81. The number of piperazine rings is 1. The summed E-state index contributed by atoms with van der Waals surface area (Å²) in [7, 11) is -3.29. The maximum absolute atomic E-state index is 12.7. The second-order valence-corrected chi connectivity index (χ2v) is 8.75. The van der Waals surface area contributed by atoms with Crippen molar-refractivity contribution in [1.29, 1.82) is 0 Å². The van der Waals surface area contributed by atoms with Crippen molar-refractivity contribution in [3.63, 3.8) is 0 Å². The van der Waals surface area contributed by atoms with Crippen LogP contribution in [0.15, 0.2) is 0 Å². The normalized spacial score (nSPS) is 22.2. The Balaban J connectivity index is 2.88.